The maximum absolute atomic E-state index is 13.2. The van der Waals surface area contributed by atoms with Gasteiger partial charge in [-0.05, 0) is 80.0 Å². The van der Waals surface area contributed by atoms with Crippen molar-refractivity contribution in [2.45, 2.75) is 48.4 Å². The number of amides is 1. The summed E-state index contributed by atoms with van der Waals surface area (Å²) < 4.78 is 39.3. The van der Waals surface area contributed by atoms with E-state index in [4.69, 9.17) is 0 Å². The minimum atomic E-state index is -3.85. The van der Waals surface area contributed by atoms with Crippen LogP contribution in [0.2, 0.25) is 0 Å². The van der Waals surface area contributed by atoms with Gasteiger partial charge < -0.3 is 10.6 Å². The molecule has 0 spiro atoms. The summed E-state index contributed by atoms with van der Waals surface area (Å²) in [5.41, 5.74) is 1.14. The number of fused-ring (bicyclic) bond motifs is 2. The average Bonchev–Trinajstić information content (AvgIpc) is 3.30. The first-order chi connectivity index (χ1) is 13.8. The van der Waals surface area contributed by atoms with Gasteiger partial charge in [0.1, 0.15) is 5.82 Å². The Labute approximate surface area is 170 Å². The van der Waals surface area contributed by atoms with E-state index in [2.05, 4.69) is 10.6 Å². The molecule has 5 nitrogen and oxygen atoms in total. The van der Waals surface area contributed by atoms with Gasteiger partial charge in [-0.1, -0.05) is 12.5 Å². The lowest BCUT2D eigenvalue weighted by atomic mass is 9.95. The molecule has 2 aromatic rings. The van der Waals surface area contributed by atoms with Crippen molar-refractivity contribution < 1.29 is 17.6 Å². The second-order valence-corrected chi connectivity index (χ2v) is 10.1. The molecule has 0 aliphatic heterocycles. The Morgan fingerprint density at radius 2 is 1.86 bits per heavy atom. The molecule has 4 rings (SSSR count). The molecule has 154 valence electrons. The zero-order chi connectivity index (χ0) is 20.6. The first-order valence-corrected chi connectivity index (χ1v) is 11.5. The van der Waals surface area contributed by atoms with Gasteiger partial charge >= 0.3 is 0 Å². The van der Waals surface area contributed by atoms with Crippen LogP contribution in [0.4, 0.5) is 10.1 Å². The fraction of sp³-hybridized carbons (Fsp3) is 0.409. The third-order valence-corrected chi connectivity index (χ3v) is 7.88. The number of halogens is 1. The maximum atomic E-state index is 13.2. The van der Waals surface area contributed by atoms with E-state index in [1.165, 1.54) is 31.4 Å². The molecule has 2 aliphatic rings. The van der Waals surface area contributed by atoms with Crippen LogP contribution in [0.5, 0.6) is 0 Å². The van der Waals surface area contributed by atoms with E-state index >= 15 is 0 Å². The molecule has 7 heteroatoms. The van der Waals surface area contributed by atoms with Crippen LogP contribution in [-0.4, -0.2) is 26.9 Å². The van der Waals surface area contributed by atoms with Gasteiger partial charge in [-0.3, -0.25) is 4.79 Å². The minimum absolute atomic E-state index is 0.00286. The van der Waals surface area contributed by atoms with Crippen molar-refractivity contribution in [1.29, 1.82) is 0 Å². The molecule has 0 heterocycles. The minimum Gasteiger partial charge on any atom is -0.375 e. The summed E-state index contributed by atoms with van der Waals surface area (Å²) in [6.45, 7) is 1.80. The zero-order valence-corrected chi connectivity index (χ0v) is 17.1. The topological polar surface area (TPSA) is 75.3 Å². The fourth-order valence-electron chi connectivity index (χ4n) is 4.59. The zero-order valence-electron chi connectivity index (χ0n) is 16.3. The molecular weight excluding hydrogens is 391 g/mol. The quantitative estimate of drug-likeness (QED) is 0.705. The number of benzene rings is 2. The molecule has 3 atom stereocenters. The molecule has 2 bridgehead atoms. The number of sulfone groups is 1. The van der Waals surface area contributed by atoms with E-state index in [0.717, 1.165) is 30.0 Å². The number of anilines is 1. The molecule has 1 amide bonds. The summed E-state index contributed by atoms with van der Waals surface area (Å²) in [6.07, 6.45) is 4.70. The maximum Gasteiger partial charge on any atom is 0.239 e. The van der Waals surface area contributed by atoms with Gasteiger partial charge in [0.2, 0.25) is 15.7 Å². The summed E-state index contributed by atoms with van der Waals surface area (Å²) >= 11 is 0. The third kappa shape index (κ3) is 4.15. The average molecular weight is 417 g/mol. The highest BCUT2D eigenvalue weighted by Gasteiger charge is 2.40. The first kappa shape index (κ1) is 19.9. The number of nitrogens with one attached hydrogen (secondary N) is 2. The summed E-state index contributed by atoms with van der Waals surface area (Å²) in [5.74, 6) is 0.692. The van der Waals surface area contributed by atoms with Gasteiger partial charge in [-0.2, -0.15) is 0 Å². The second kappa shape index (κ2) is 7.78. The van der Waals surface area contributed by atoms with E-state index in [1.54, 1.807) is 25.1 Å². The SMILES string of the molecule is Cc1ccc(NCC(=O)NC2CC3CCC2C3)c(S(=O)(=O)c2ccc(F)cc2)c1. The summed E-state index contributed by atoms with van der Waals surface area (Å²) in [5, 5.41) is 6.08. The molecule has 3 unspecified atom stereocenters. The molecule has 2 aromatic carbocycles. The molecule has 2 N–H and O–H groups in total. The first-order valence-electron chi connectivity index (χ1n) is 9.97. The third-order valence-electron chi connectivity index (χ3n) is 6.07. The van der Waals surface area contributed by atoms with Crippen molar-refractivity contribution in [3.05, 3.63) is 53.8 Å². The van der Waals surface area contributed by atoms with Gasteiger partial charge in [-0.25, -0.2) is 12.8 Å². The van der Waals surface area contributed by atoms with Crippen molar-refractivity contribution in [3.63, 3.8) is 0 Å². The Bertz CT molecular complexity index is 1020. The Balaban J connectivity index is 1.49. The van der Waals surface area contributed by atoms with Gasteiger partial charge in [-0.15, -0.1) is 0 Å². The Hall–Kier alpha value is -2.41. The van der Waals surface area contributed by atoms with Gasteiger partial charge in [0.25, 0.3) is 0 Å². The van der Waals surface area contributed by atoms with Crippen LogP contribution < -0.4 is 10.6 Å². The summed E-state index contributed by atoms with van der Waals surface area (Å²) in [6, 6.07) is 10.0. The Kier molecular flexibility index (Phi) is 5.34. The molecule has 2 fully saturated rings. The molecular formula is C22H25FN2O3S. The summed E-state index contributed by atoms with van der Waals surface area (Å²) in [4.78, 5) is 12.5. The number of aryl methyl sites for hydroxylation is 1. The highest BCUT2D eigenvalue weighted by atomic mass is 32.2. The number of hydrogen-bond acceptors (Lipinski definition) is 4. The smallest absolute Gasteiger partial charge is 0.239 e. The molecule has 0 radical (unpaired) electrons. The van der Waals surface area contributed by atoms with E-state index in [-0.39, 0.29) is 28.3 Å². The van der Waals surface area contributed by atoms with Crippen molar-refractivity contribution in [2.75, 3.05) is 11.9 Å². The molecule has 2 saturated carbocycles. The van der Waals surface area contributed by atoms with Crippen molar-refractivity contribution in [2.24, 2.45) is 11.8 Å². The standard InChI is InChI=1S/C22H25FN2O3S/c1-14-2-9-19(21(10-14)29(27,28)18-7-5-17(23)6-8-18)24-13-22(26)25-20-12-15-3-4-16(20)11-15/h2,5-10,15-16,20,24H,3-4,11-13H2,1H3,(H,25,26). The predicted octanol–water partition coefficient (Wildman–Crippen LogP) is 3.68. The fourth-order valence-corrected chi connectivity index (χ4v) is 6.11. The van der Waals surface area contributed by atoms with Crippen LogP contribution in [0.25, 0.3) is 0 Å². The predicted molar refractivity (Wildman–Crippen MR) is 109 cm³/mol. The lowest BCUT2D eigenvalue weighted by Gasteiger charge is -2.23. The van der Waals surface area contributed by atoms with Crippen LogP contribution >= 0.6 is 0 Å². The highest BCUT2D eigenvalue weighted by Crippen LogP contribution is 2.44. The van der Waals surface area contributed by atoms with Crippen LogP contribution in [0.1, 0.15) is 31.2 Å². The van der Waals surface area contributed by atoms with E-state index in [9.17, 15) is 17.6 Å². The Morgan fingerprint density at radius 1 is 1.10 bits per heavy atom. The Morgan fingerprint density at radius 3 is 2.52 bits per heavy atom. The van der Waals surface area contributed by atoms with E-state index < -0.39 is 15.7 Å². The van der Waals surface area contributed by atoms with Crippen LogP contribution in [0, 0.1) is 24.6 Å². The van der Waals surface area contributed by atoms with E-state index in [1.807, 2.05) is 0 Å². The van der Waals surface area contributed by atoms with Crippen molar-refractivity contribution >= 4 is 21.4 Å². The number of carbonyl (C=O) groups is 1. The van der Waals surface area contributed by atoms with Crippen LogP contribution in [0.3, 0.4) is 0 Å². The molecule has 0 aromatic heterocycles. The lowest BCUT2D eigenvalue weighted by molar-refractivity contribution is -0.120. The van der Waals surface area contributed by atoms with Gasteiger partial charge in [0.05, 0.1) is 22.0 Å². The van der Waals surface area contributed by atoms with Crippen LogP contribution in [0.15, 0.2) is 52.3 Å². The van der Waals surface area contributed by atoms with Crippen molar-refractivity contribution in [1.82, 2.24) is 5.32 Å². The second-order valence-electron chi connectivity index (χ2n) is 8.16. The molecule has 29 heavy (non-hydrogen) atoms. The van der Waals surface area contributed by atoms with Crippen molar-refractivity contribution in [3.8, 4) is 0 Å². The normalized spacial score (nSPS) is 23.2. The van der Waals surface area contributed by atoms with E-state index in [0.29, 0.717) is 11.6 Å². The van der Waals surface area contributed by atoms with Crippen LogP contribution in [-0.2, 0) is 14.6 Å². The summed E-state index contributed by atoms with van der Waals surface area (Å²) in [7, 11) is -3.85. The molecule has 2 aliphatic carbocycles. The number of carbonyl (C=O) groups excluding carboxylic acids is 1. The molecule has 0 saturated heterocycles. The van der Waals surface area contributed by atoms with Gasteiger partial charge in [0.15, 0.2) is 0 Å². The number of rotatable bonds is 6. The highest BCUT2D eigenvalue weighted by molar-refractivity contribution is 7.91. The van der Waals surface area contributed by atoms with Gasteiger partial charge in [0, 0.05) is 6.04 Å². The largest absolute Gasteiger partial charge is 0.375 e. The number of hydrogen-bond donors (Lipinski definition) is 2. The lowest BCUT2D eigenvalue weighted by Crippen LogP contribution is -2.41. The monoisotopic (exact) mass is 416 g/mol.